The van der Waals surface area contributed by atoms with E-state index in [1.54, 1.807) is 18.2 Å². The van der Waals surface area contributed by atoms with E-state index in [-0.39, 0.29) is 19.1 Å². The number of amides is 1. The summed E-state index contributed by atoms with van der Waals surface area (Å²) in [5, 5.41) is 21.8. The van der Waals surface area contributed by atoms with Gasteiger partial charge in [-0.3, -0.25) is 9.69 Å². The van der Waals surface area contributed by atoms with Crippen LogP contribution in [0.2, 0.25) is 0 Å². The number of carbonyl (C=O) groups is 1. The first kappa shape index (κ1) is 25.9. The summed E-state index contributed by atoms with van der Waals surface area (Å²) in [5.74, 6) is 0.772. The molecule has 1 amide bonds. The molecule has 2 fully saturated rings. The lowest BCUT2D eigenvalue weighted by Crippen LogP contribution is -2.44. The van der Waals surface area contributed by atoms with Crippen molar-refractivity contribution in [1.82, 2.24) is 9.80 Å². The summed E-state index contributed by atoms with van der Waals surface area (Å²) >= 11 is 0. The first-order chi connectivity index (χ1) is 18.1. The van der Waals surface area contributed by atoms with Crippen molar-refractivity contribution in [3.63, 3.8) is 0 Å². The summed E-state index contributed by atoms with van der Waals surface area (Å²) < 4.78 is 0. The summed E-state index contributed by atoms with van der Waals surface area (Å²) in [7, 11) is 0. The van der Waals surface area contributed by atoms with Gasteiger partial charge in [-0.2, -0.15) is 0 Å². The maximum Gasteiger partial charge on any atom is 0.254 e. The zero-order chi connectivity index (χ0) is 25.6. The van der Waals surface area contributed by atoms with Crippen LogP contribution >= 0.6 is 0 Å². The number of fused-ring (bicyclic) bond motifs is 1. The van der Waals surface area contributed by atoms with Gasteiger partial charge in [0.05, 0.1) is 13.2 Å². The average molecular weight is 501 g/mol. The lowest BCUT2D eigenvalue weighted by atomic mass is 9.89. The van der Waals surface area contributed by atoms with E-state index in [9.17, 15) is 15.0 Å². The standard InChI is InChI=1S/C32H40N2O3/c35-22-29-15-14-28(18-30(29)23-36)32(37)34(20-25-12-13-26-9-4-5-10-27(26)17-25)21-31-11-6-16-33(31)19-24-7-2-1-3-8-24/h4-5,9-10,12-15,17-18,24,31,35-36H,1-3,6-8,11,16,19-23H2/t31-/m0/s1. The molecule has 1 heterocycles. The summed E-state index contributed by atoms with van der Waals surface area (Å²) in [4.78, 5) is 18.6. The van der Waals surface area contributed by atoms with Gasteiger partial charge in [-0.15, -0.1) is 0 Å². The zero-order valence-electron chi connectivity index (χ0n) is 21.8. The monoisotopic (exact) mass is 500 g/mol. The van der Waals surface area contributed by atoms with Crippen LogP contribution < -0.4 is 0 Å². The van der Waals surface area contributed by atoms with Crippen LogP contribution in [0.5, 0.6) is 0 Å². The largest absolute Gasteiger partial charge is 0.392 e. The summed E-state index contributed by atoms with van der Waals surface area (Å²) in [5.41, 5.74) is 2.96. The van der Waals surface area contributed by atoms with Gasteiger partial charge < -0.3 is 15.1 Å². The van der Waals surface area contributed by atoms with E-state index < -0.39 is 0 Å². The smallest absolute Gasteiger partial charge is 0.254 e. The highest BCUT2D eigenvalue weighted by Crippen LogP contribution is 2.29. The topological polar surface area (TPSA) is 64.0 Å². The van der Waals surface area contributed by atoms with E-state index in [0.717, 1.165) is 31.0 Å². The molecular formula is C32H40N2O3. The Hall–Kier alpha value is -2.73. The van der Waals surface area contributed by atoms with E-state index in [0.29, 0.717) is 35.8 Å². The van der Waals surface area contributed by atoms with Crippen LogP contribution in [0.25, 0.3) is 10.8 Å². The Morgan fingerprint density at radius 3 is 2.41 bits per heavy atom. The molecule has 0 radical (unpaired) electrons. The minimum atomic E-state index is -0.195. The van der Waals surface area contributed by atoms with E-state index in [1.807, 2.05) is 11.0 Å². The van der Waals surface area contributed by atoms with E-state index >= 15 is 0 Å². The van der Waals surface area contributed by atoms with E-state index in [4.69, 9.17) is 0 Å². The minimum Gasteiger partial charge on any atom is -0.392 e. The molecule has 0 aromatic heterocycles. The van der Waals surface area contributed by atoms with E-state index in [2.05, 4.69) is 41.3 Å². The first-order valence-corrected chi connectivity index (χ1v) is 14.0. The highest BCUT2D eigenvalue weighted by molar-refractivity contribution is 5.94. The second-order valence-corrected chi connectivity index (χ2v) is 11.0. The number of rotatable bonds is 9. The van der Waals surface area contributed by atoms with Gasteiger partial charge in [-0.1, -0.05) is 61.7 Å². The molecule has 5 rings (SSSR count). The normalized spacial score (nSPS) is 18.9. The fourth-order valence-electron chi connectivity index (χ4n) is 6.32. The lowest BCUT2D eigenvalue weighted by Gasteiger charge is -2.34. The quantitative estimate of drug-likeness (QED) is 0.407. The molecule has 3 aromatic carbocycles. The molecule has 1 aliphatic heterocycles. The Kier molecular flexibility index (Phi) is 8.55. The summed E-state index contributed by atoms with van der Waals surface area (Å²) in [6.45, 7) is 3.19. The lowest BCUT2D eigenvalue weighted by molar-refractivity contribution is 0.0676. The second-order valence-electron chi connectivity index (χ2n) is 11.0. The highest BCUT2D eigenvalue weighted by Gasteiger charge is 2.31. The first-order valence-electron chi connectivity index (χ1n) is 14.0. The van der Waals surface area contributed by atoms with Crippen LogP contribution in [0.3, 0.4) is 0 Å². The average Bonchev–Trinajstić information content (AvgIpc) is 3.38. The number of nitrogens with zero attached hydrogens (tertiary/aromatic N) is 2. The SMILES string of the molecule is O=C(c1ccc(CO)c(CO)c1)N(Cc1ccc2ccccc2c1)C[C@@H]1CCCN1CC1CCCCC1. The van der Waals surface area contributed by atoms with Gasteiger partial charge in [0, 0.05) is 31.2 Å². The van der Waals surface area contributed by atoms with Gasteiger partial charge in [-0.25, -0.2) is 0 Å². The van der Waals surface area contributed by atoms with Crippen LogP contribution in [-0.4, -0.2) is 51.6 Å². The Morgan fingerprint density at radius 2 is 1.62 bits per heavy atom. The molecule has 1 saturated heterocycles. The number of benzene rings is 3. The Morgan fingerprint density at radius 1 is 0.838 bits per heavy atom. The van der Waals surface area contributed by atoms with Gasteiger partial charge in [0.1, 0.15) is 0 Å². The maximum atomic E-state index is 13.9. The van der Waals surface area contributed by atoms with Crippen LogP contribution in [0, 0.1) is 5.92 Å². The molecule has 0 unspecified atom stereocenters. The van der Waals surface area contributed by atoms with Crippen molar-refractivity contribution in [2.75, 3.05) is 19.6 Å². The third-order valence-electron chi connectivity index (χ3n) is 8.42. The van der Waals surface area contributed by atoms with Gasteiger partial charge in [0.2, 0.25) is 0 Å². The van der Waals surface area contributed by atoms with Crippen molar-refractivity contribution >= 4 is 16.7 Å². The third kappa shape index (κ3) is 6.23. The van der Waals surface area contributed by atoms with Crippen LogP contribution in [0.15, 0.2) is 60.7 Å². The van der Waals surface area contributed by atoms with Crippen molar-refractivity contribution in [2.24, 2.45) is 5.92 Å². The molecule has 5 heteroatoms. The van der Waals surface area contributed by atoms with Gasteiger partial charge >= 0.3 is 0 Å². The summed E-state index contributed by atoms with van der Waals surface area (Å²) in [6.07, 6.45) is 9.07. The number of carbonyl (C=O) groups excluding carboxylic acids is 1. The molecule has 2 aliphatic rings. The fraction of sp³-hybridized carbons (Fsp3) is 0.469. The molecule has 5 nitrogen and oxygen atoms in total. The molecular weight excluding hydrogens is 460 g/mol. The zero-order valence-corrected chi connectivity index (χ0v) is 21.8. The molecule has 1 aliphatic carbocycles. The number of likely N-dealkylation sites (tertiary alicyclic amines) is 1. The molecule has 0 spiro atoms. The number of aliphatic hydroxyl groups excluding tert-OH is 2. The van der Waals surface area contributed by atoms with E-state index in [1.165, 1.54) is 49.3 Å². The van der Waals surface area contributed by atoms with Gasteiger partial charge in [0.15, 0.2) is 0 Å². The summed E-state index contributed by atoms with van der Waals surface area (Å²) in [6, 6.07) is 20.5. The van der Waals surface area contributed by atoms with Crippen molar-refractivity contribution in [2.45, 2.75) is 70.7 Å². The predicted molar refractivity (Wildman–Crippen MR) is 148 cm³/mol. The predicted octanol–water partition coefficient (Wildman–Crippen LogP) is 5.51. The number of hydrogen-bond donors (Lipinski definition) is 2. The minimum absolute atomic E-state index is 0.0168. The Balaban J connectivity index is 1.39. The van der Waals surface area contributed by atoms with Crippen LogP contribution in [0.4, 0.5) is 0 Å². The molecule has 0 bridgehead atoms. The van der Waals surface area contributed by atoms with Crippen molar-refractivity contribution in [3.8, 4) is 0 Å². The van der Waals surface area contributed by atoms with Crippen LogP contribution in [-0.2, 0) is 19.8 Å². The Labute approximate surface area is 220 Å². The second kappa shape index (κ2) is 12.2. The maximum absolute atomic E-state index is 13.9. The number of aliphatic hydroxyl groups is 2. The van der Waals surface area contributed by atoms with Crippen molar-refractivity contribution in [3.05, 3.63) is 82.9 Å². The van der Waals surface area contributed by atoms with Crippen LogP contribution in [0.1, 0.15) is 72.0 Å². The van der Waals surface area contributed by atoms with Crippen molar-refractivity contribution in [1.29, 1.82) is 0 Å². The molecule has 1 saturated carbocycles. The molecule has 2 N–H and O–H groups in total. The third-order valence-corrected chi connectivity index (χ3v) is 8.42. The van der Waals surface area contributed by atoms with Gasteiger partial charge in [-0.05, 0) is 83.8 Å². The van der Waals surface area contributed by atoms with Crippen molar-refractivity contribution < 1.29 is 15.0 Å². The van der Waals surface area contributed by atoms with Gasteiger partial charge in [0.25, 0.3) is 5.91 Å². The molecule has 196 valence electrons. The fourth-order valence-corrected chi connectivity index (χ4v) is 6.32. The molecule has 1 atom stereocenters. The molecule has 3 aromatic rings. The number of hydrogen-bond acceptors (Lipinski definition) is 4. The highest BCUT2D eigenvalue weighted by atomic mass is 16.3. The molecule has 37 heavy (non-hydrogen) atoms. The Bertz CT molecular complexity index is 1200.